The molecule has 2 aromatic heterocycles. The molecule has 4 bridgehead atoms. The number of aromatic nitrogens is 2. The van der Waals surface area contributed by atoms with Crippen molar-refractivity contribution >= 4 is 39.1 Å². The van der Waals surface area contributed by atoms with Crippen LogP contribution in [0.2, 0.25) is 0 Å². The maximum Gasteiger partial charge on any atom is 0.263 e. The smallest absolute Gasteiger partial charge is 0.263 e. The molecule has 4 nitrogen and oxygen atoms in total. The van der Waals surface area contributed by atoms with Crippen molar-refractivity contribution in [2.75, 3.05) is 5.75 Å². The number of rotatable bonds is 5. The fourth-order valence-corrected chi connectivity index (χ4v) is 10.9. The average Bonchev–Trinajstić information content (AvgIpc) is 3.44. The molecule has 176 valence electrons. The van der Waals surface area contributed by atoms with E-state index in [2.05, 4.69) is 0 Å². The Morgan fingerprint density at radius 1 is 1.00 bits per heavy atom. The lowest BCUT2D eigenvalue weighted by atomic mass is 9.48. The summed E-state index contributed by atoms with van der Waals surface area (Å²) in [5.74, 6) is 3.29. The van der Waals surface area contributed by atoms with Crippen molar-refractivity contribution in [3.05, 3.63) is 20.8 Å². The van der Waals surface area contributed by atoms with Crippen LogP contribution in [0.25, 0.3) is 10.2 Å². The summed E-state index contributed by atoms with van der Waals surface area (Å²) < 4.78 is 2.02. The number of hydrogen-bond acceptors (Lipinski definition) is 5. The molecule has 0 aliphatic heterocycles. The Morgan fingerprint density at radius 3 is 2.36 bits per heavy atom. The first-order chi connectivity index (χ1) is 16.1. The van der Waals surface area contributed by atoms with Gasteiger partial charge in [-0.2, -0.15) is 0 Å². The molecule has 2 heterocycles. The van der Waals surface area contributed by atoms with E-state index in [1.165, 1.54) is 55.4 Å². The van der Waals surface area contributed by atoms with Crippen LogP contribution in [0, 0.1) is 23.2 Å². The number of ketones is 1. The number of carbonyl (C=O) groups excluding carboxylic acids is 1. The number of Topliss-reactive ketones (excluding diaryl/α,β-unsaturated/α-hetero) is 1. The van der Waals surface area contributed by atoms with Crippen molar-refractivity contribution in [1.82, 2.24) is 9.55 Å². The van der Waals surface area contributed by atoms with Crippen molar-refractivity contribution in [2.24, 2.45) is 23.2 Å². The minimum Gasteiger partial charge on any atom is -0.298 e. The number of nitrogens with zero attached hydrogens (tertiary/aromatic N) is 2. The quantitative estimate of drug-likeness (QED) is 0.369. The second-order valence-corrected chi connectivity index (χ2v) is 13.8. The van der Waals surface area contributed by atoms with Crippen molar-refractivity contribution in [2.45, 2.75) is 101 Å². The van der Waals surface area contributed by atoms with Crippen LogP contribution in [0.15, 0.2) is 9.95 Å². The van der Waals surface area contributed by atoms with Gasteiger partial charge >= 0.3 is 0 Å². The second-order valence-electron chi connectivity index (χ2n) is 11.8. The third-order valence-corrected chi connectivity index (χ3v) is 11.8. The summed E-state index contributed by atoms with van der Waals surface area (Å²) in [6.07, 6.45) is 16.5. The van der Waals surface area contributed by atoms with Gasteiger partial charge in [0.25, 0.3) is 5.56 Å². The number of carbonyl (C=O) groups is 1. The largest absolute Gasteiger partial charge is 0.298 e. The van der Waals surface area contributed by atoms with Crippen LogP contribution in [-0.2, 0) is 17.6 Å². The van der Waals surface area contributed by atoms with Gasteiger partial charge in [-0.3, -0.25) is 14.2 Å². The minimum atomic E-state index is -0.0631. The fourth-order valence-electron chi connectivity index (χ4n) is 8.52. The summed E-state index contributed by atoms with van der Waals surface area (Å²) in [5.41, 5.74) is 1.40. The van der Waals surface area contributed by atoms with E-state index in [-0.39, 0.29) is 17.0 Å². The van der Waals surface area contributed by atoms with Crippen molar-refractivity contribution in [3.8, 4) is 0 Å². The lowest BCUT2D eigenvalue weighted by molar-refractivity contribution is -0.141. The van der Waals surface area contributed by atoms with E-state index < -0.39 is 0 Å². The zero-order chi connectivity index (χ0) is 22.2. The predicted octanol–water partition coefficient (Wildman–Crippen LogP) is 6.33. The van der Waals surface area contributed by atoms with Gasteiger partial charge in [-0.25, -0.2) is 4.98 Å². The van der Waals surface area contributed by atoms with E-state index >= 15 is 0 Å². The van der Waals surface area contributed by atoms with Gasteiger partial charge in [0, 0.05) is 16.3 Å². The normalized spacial score (nSPS) is 33.2. The van der Waals surface area contributed by atoms with Crippen LogP contribution in [-0.4, -0.2) is 21.1 Å². The van der Waals surface area contributed by atoms with Crippen LogP contribution in [0.1, 0.15) is 93.5 Å². The van der Waals surface area contributed by atoms with E-state index in [0.717, 1.165) is 78.1 Å². The monoisotopic (exact) mass is 482 g/mol. The minimum absolute atomic E-state index is 0.0631. The molecule has 6 aliphatic rings. The maximum atomic E-state index is 13.9. The molecular weight excluding hydrogens is 448 g/mol. The molecular formula is C27H34N2O2S2. The molecule has 2 aromatic rings. The summed E-state index contributed by atoms with van der Waals surface area (Å²) in [5, 5.41) is 1.72. The van der Waals surface area contributed by atoms with Gasteiger partial charge in [-0.1, -0.05) is 24.6 Å². The Hall–Kier alpha value is -1.14. The highest BCUT2D eigenvalue weighted by molar-refractivity contribution is 7.99. The number of fused-ring (bicyclic) bond motifs is 3. The molecule has 5 fully saturated rings. The first kappa shape index (κ1) is 21.2. The van der Waals surface area contributed by atoms with Crippen molar-refractivity contribution in [1.29, 1.82) is 0 Å². The van der Waals surface area contributed by atoms with Crippen molar-refractivity contribution in [3.63, 3.8) is 0 Å². The van der Waals surface area contributed by atoms with Crippen LogP contribution < -0.4 is 5.56 Å². The first-order valence-corrected chi connectivity index (χ1v) is 15.1. The van der Waals surface area contributed by atoms with Gasteiger partial charge in [-0.15, -0.1) is 11.3 Å². The predicted molar refractivity (Wildman–Crippen MR) is 134 cm³/mol. The zero-order valence-corrected chi connectivity index (χ0v) is 21.1. The Bertz CT molecular complexity index is 1140. The van der Waals surface area contributed by atoms with Crippen LogP contribution in [0.5, 0.6) is 0 Å². The van der Waals surface area contributed by atoms with E-state index in [9.17, 15) is 9.59 Å². The summed E-state index contributed by atoms with van der Waals surface area (Å²) in [7, 11) is 0. The first-order valence-electron chi connectivity index (χ1n) is 13.3. The number of aryl methyl sites for hydroxylation is 2. The van der Waals surface area contributed by atoms with E-state index in [1.807, 2.05) is 4.57 Å². The van der Waals surface area contributed by atoms with Gasteiger partial charge in [0.1, 0.15) is 10.6 Å². The summed E-state index contributed by atoms with van der Waals surface area (Å²) in [6.45, 7) is 0. The third-order valence-electron chi connectivity index (χ3n) is 9.64. The average molecular weight is 483 g/mol. The molecule has 0 amide bonds. The standard InChI is InChI=1S/C27H34N2O2S2/c30-22(27-12-16-9-17(13-27)11-18(10-16)14-27)15-32-26-28-24-23(20-7-3-4-8-21(20)33-24)25(31)29(26)19-5-1-2-6-19/h16-19H,1-15H2. The lowest BCUT2D eigenvalue weighted by Gasteiger charge is -2.56. The van der Waals surface area contributed by atoms with Gasteiger partial charge in [-0.05, 0) is 100 Å². The molecule has 6 aliphatic carbocycles. The van der Waals surface area contributed by atoms with Crippen LogP contribution >= 0.6 is 23.1 Å². The Morgan fingerprint density at radius 2 is 1.67 bits per heavy atom. The summed E-state index contributed by atoms with van der Waals surface area (Å²) in [4.78, 5) is 34.9. The topological polar surface area (TPSA) is 52.0 Å². The number of thioether (sulfide) groups is 1. The molecule has 0 unspecified atom stereocenters. The molecule has 6 heteroatoms. The highest BCUT2D eigenvalue weighted by Crippen LogP contribution is 2.60. The Labute approximate surface area is 203 Å². The SMILES string of the molecule is O=C(CSc1nc2sc3c(c2c(=O)n1C1CCCC1)CCCC3)C12CC3CC(CC(C3)C1)C2. The van der Waals surface area contributed by atoms with Crippen LogP contribution in [0.4, 0.5) is 0 Å². The van der Waals surface area contributed by atoms with Gasteiger partial charge in [0.05, 0.1) is 11.1 Å². The highest BCUT2D eigenvalue weighted by atomic mass is 32.2. The maximum absolute atomic E-state index is 13.9. The molecule has 0 N–H and O–H groups in total. The molecule has 5 saturated carbocycles. The van der Waals surface area contributed by atoms with Gasteiger partial charge < -0.3 is 0 Å². The van der Waals surface area contributed by atoms with Crippen LogP contribution in [0.3, 0.4) is 0 Å². The molecule has 8 rings (SSSR count). The fraction of sp³-hybridized carbons (Fsp3) is 0.741. The van der Waals surface area contributed by atoms with Gasteiger partial charge in [0.2, 0.25) is 0 Å². The van der Waals surface area contributed by atoms with E-state index in [0.29, 0.717) is 11.5 Å². The Kier molecular flexibility index (Phi) is 5.09. The zero-order valence-electron chi connectivity index (χ0n) is 19.4. The molecule has 0 spiro atoms. The lowest BCUT2D eigenvalue weighted by Crippen LogP contribution is -2.50. The Balaban J connectivity index is 1.23. The van der Waals surface area contributed by atoms with E-state index in [4.69, 9.17) is 4.98 Å². The molecule has 0 aromatic carbocycles. The molecule has 0 radical (unpaired) electrons. The number of hydrogen-bond donors (Lipinski definition) is 0. The molecule has 33 heavy (non-hydrogen) atoms. The second kappa shape index (κ2) is 7.94. The van der Waals surface area contributed by atoms with Gasteiger partial charge in [0.15, 0.2) is 5.16 Å². The molecule has 0 saturated heterocycles. The van der Waals surface area contributed by atoms with E-state index in [1.54, 1.807) is 23.1 Å². The summed E-state index contributed by atoms with van der Waals surface area (Å²) in [6, 6.07) is 0.255. The third kappa shape index (κ3) is 3.41. The van der Waals surface area contributed by atoms with Crippen molar-refractivity contribution < 1.29 is 4.79 Å². The number of thiophene rings is 1. The highest BCUT2D eigenvalue weighted by Gasteiger charge is 2.54. The summed E-state index contributed by atoms with van der Waals surface area (Å²) >= 11 is 3.31. The molecule has 0 atom stereocenters.